The molecule has 19 heavy (non-hydrogen) atoms. The Morgan fingerprint density at radius 1 is 1.32 bits per heavy atom. The standard InChI is InChI=1S/C16H16O3/c1-16(10-15(17)18-2)9-13-12-6-4-3-5-11(12)7-8-14(13)19-16/h3-8H,9-10H2,1-2H3. The van der Waals surface area contributed by atoms with Crippen LogP contribution in [0.15, 0.2) is 36.4 Å². The van der Waals surface area contributed by atoms with E-state index in [0.717, 1.165) is 12.2 Å². The second-order valence-corrected chi connectivity index (χ2v) is 5.25. The summed E-state index contributed by atoms with van der Waals surface area (Å²) in [5.74, 6) is 0.643. The van der Waals surface area contributed by atoms with Crippen LogP contribution in [0.2, 0.25) is 0 Å². The molecule has 3 nitrogen and oxygen atoms in total. The van der Waals surface area contributed by atoms with Crippen molar-refractivity contribution >= 4 is 16.7 Å². The summed E-state index contributed by atoms with van der Waals surface area (Å²) in [6.45, 7) is 1.96. The van der Waals surface area contributed by atoms with E-state index in [2.05, 4.69) is 18.2 Å². The van der Waals surface area contributed by atoms with Gasteiger partial charge in [-0.2, -0.15) is 0 Å². The number of carbonyl (C=O) groups is 1. The highest BCUT2D eigenvalue weighted by Gasteiger charge is 2.38. The SMILES string of the molecule is COC(=O)CC1(C)Cc2c(ccc3ccccc23)O1. The number of ether oxygens (including phenoxy) is 2. The van der Waals surface area contributed by atoms with E-state index >= 15 is 0 Å². The van der Waals surface area contributed by atoms with Crippen molar-refractivity contribution in [1.29, 1.82) is 0 Å². The zero-order valence-electron chi connectivity index (χ0n) is 11.1. The lowest BCUT2D eigenvalue weighted by molar-refractivity contribution is -0.144. The first-order chi connectivity index (χ1) is 9.11. The van der Waals surface area contributed by atoms with Crippen LogP contribution in [0.4, 0.5) is 0 Å². The Balaban J connectivity index is 2.00. The summed E-state index contributed by atoms with van der Waals surface area (Å²) in [4.78, 5) is 11.5. The number of benzene rings is 2. The molecule has 0 aromatic heterocycles. The van der Waals surface area contributed by atoms with Gasteiger partial charge < -0.3 is 9.47 Å². The number of methoxy groups -OCH3 is 1. The van der Waals surface area contributed by atoms with E-state index in [-0.39, 0.29) is 12.4 Å². The summed E-state index contributed by atoms with van der Waals surface area (Å²) in [6, 6.07) is 12.3. The first-order valence-corrected chi connectivity index (χ1v) is 6.38. The van der Waals surface area contributed by atoms with Crippen LogP contribution in [-0.4, -0.2) is 18.7 Å². The highest BCUT2D eigenvalue weighted by Crippen LogP contribution is 2.40. The van der Waals surface area contributed by atoms with Crippen molar-refractivity contribution in [2.45, 2.75) is 25.4 Å². The number of hydrogen-bond donors (Lipinski definition) is 0. The minimum absolute atomic E-state index is 0.236. The smallest absolute Gasteiger partial charge is 0.309 e. The summed E-state index contributed by atoms with van der Waals surface area (Å²) in [5, 5.41) is 2.40. The molecule has 3 heteroatoms. The molecule has 98 valence electrons. The second-order valence-electron chi connectivity index (χ2n) is 5.25. The molecule has 1 aliphatic rings. The first kappa shape index (κ1) is 12.0. The molecule has 3 rings (SSSR count). The molecule has 0 radical (unpaired) electrons. The van der Waals surface area contributed by atoms with E-state index in [4.69, 9.17) is 9.47 Å². The fourth-order valence-corrected chi connectivity index (χ4v) is 2.75. The van der Waals surface area contributed by atoms with Crippen LogP contribution in [-0.2, 0) is 16.0 Å². The lowest BCUT2D eigenvalue weighted by atomic mass is 9.93. The number of fused-ring (bicyclic) bond motifs is 3. The van der Waals surface area contributed by atoms with Crippen LogP contribution >= 0.6 is 0 Å². The van der Waals surface area contributed by atoms with Gasteiger partial charge in [0.2, 0.25) is 0 Å². The molecule has 0 saturated heterocycles. The van der Waals surface area contributed by atoms with E-state index in [9.17, 15) is 4.79 Å². The molecule has 1 unspecified atom stereocenters. The Labute approximate surface area is 112 Å². The van der Waals surface area contributed by atoms with Gasteiger partial charge in [0.25, 0.3) is 0 Å². The fraction of sp³-hybridized carbons (Fsp3) is 0.312. The van der Waals surface area contributed by atoms with E-state index in [0.29, 0.717) is 0 Å². The van der Waals surface area contributed by atoms with Gasteiger partial charge in [-0.05, 0) is 23.8 Å². The maximum absolute atomic E-state index is 11.5. The molecule has 1 heterocycles. The summed E-state index contributed by atoms with van der Waals surface area (Å²) in [6.07, 6.45) is 1.01. The molecule has 0 spiro atoms. The van der Waals surface area contributed by atoms with E-state index < -0.39 is 5.60 Å². The Bertz CT molecular complexity index is 647. The summed E-state index contributed by atoms with van der Waals surface area (Å²) >= 11 is 0. The molecule has 1 aliphatic heterocycles. The Morgan fingerprint density at radius 3 is 2.89 bits per heavy atom. The average Bonchev–Trinajstić information content (AvgIpc) is 2.75. The quantitative estimate of drug-likeness (QED) is 0.774. The Morgan fingerprint density at radius 2 is 2.11 bits per heavy atom. The van der Waals surface area contributed by atoms with E-state index in [1.165, 1.54) is 23.4 Å². The van der Waals surface area contributed by atoms with Crippen LogP contribution in [0.3, 0.4) is 0 Å². The molecule has 2 aromatic carbocycles. The van der Waals surface area contributed by atoms with Crippen molar-refractivity contribution in [3.63, 3.8) is 0 Å². The molecular formula is C16H16O3. The van der Waals surface area contributed by atoms with Gasteiger partial charge in [-0.3, -0.25) is 4.79 Å². The van der Waals surface area contributed by atoms with E-state index in [1.54, 1.807) is 0 Å². The van der Waals surface area contributed by atoms with Gasteiger partial charge in [0.15, 0.2) is 0 Å². The minimum atomic E-state index is -0.500. The van der Waals surface area contributed by atoms with Gasteiger partial charge in [0.1, 0.15) is 11.4 Å². The average molecular weight is 256 g/mol. The van der Waals surface area contributed by atoms with Crippen molar-refractivity contribution in [3.05, 3.63) is 42.0 Å². The van der Waals surface area contributed by atoms with Crippen molar-refractivity contribution in [2.24, 2.45) is 0 Å². The van der Waals surface area contributed by atoms with Gasteiger partial charge in [-0.25, -0.2) is 0 Å². The molecule has 0 fully saturated rings. The zero-order chi connectivity index (χ0) is 13.5. The normalized spacial score (nSPS) is 20.9. The number of rotatable bonds is 2. The Hall–Kier alpha value is -2.03. The molecule has 0 aliphatic carbocycles. The number of esters is 1. The van der Waals surface area contributed by atoms with Gasteiger partial charge in [-0.15, -0.1) is 0 Å². The van der Waals surface area contributed by atoms with Crippen molar-refractivity contribution in [2.75, 3.05) is 7.11 Å². The van der Waals surface area contributed by atoms with Gasteiger partial charge in [-0.1, -0.05) is 30.3 Å². The number of hydrogen-bond acceptors (Lipinski definition) is 3. The van der Waals surface area contributed by atoms with Crippen molar-refractivity contribution in [3.8, 4) is 5.75 Å². The lowest BCUT2D eigenvalue weighted by Crippen LogP contribution is -2.33. The molecule has 0 saturated carbocycles. The minimum Gasteiger partial charge on any atom is -0.486 e. The monoisotopic (exact) mass is 256 g/mol. The highest BCUT2D eigenvalue weighted by atomic mass is 16.5. The summed E-state index contributed by atoms with van der Waals surface area (Å²) in [5.41, 5.74) is 0.684. The topological polar surface area (TPSA) is 35.5 Å². The predicted molar refractivity (Wildman–Crippen MR) is 73.3 cm³/mol. The molecular weight excluding hydrogens is 240 g/mol. The first-order valence-electron chi connectivity index (χ1n) is 6.38. The zero-order valence-corrected chi connectivity index (χ0v) is 11.1. The Kier molecular flexibility index (Phi) is 2.70. The van der Waals surface area contributed by atoms with Gasteiger partial charge in [0, 0.05) is 12.0 Å². The van der Waals surface area contributed by atoms with Crippen LogP contribution in [0.25, 0.3) is 10.8 Å². The summed E-state index contributed by atoms with van der Waals surface area (Å²) in [7, 11) is 1.41. The maximum Gasteiger partial charge on any atom is 0.309 e. The van der Waals surface area contributed by atoms with Gasteiger partial charge >= 0.3 is 5.97 Å². The molecule has 0 amide bonds. The summed E-state index contributed by atoms with van der Waals surface area (Å²) < 4.78 is 10.7. The van der Waals surface area contributed by atoms with Crippen LogP contribution in [0, 0.1) is 0 Å². The second kappa shape index (κ2) is 4.26. The number of carbonyl (C=O) groups excluding carboxylic acids is 1. The third-order valence-corrected chi connectivity index (χ3v) is 3.65. The molecule has 2 aromatic rings. The molecule has 0 N–H and O–H groups in total. The molecule has 0 bridgehead atoms. The van der Waals surface area contributed by atoms with Crippen LogP contribution < -0.4 is 4.74 Å². The third kappa shape index (κ3) is 2.05. The predicted octanol–water partition coefficient (Wildman–Crippen LogP) is 3.10. The van der Waals surface area contributed by atoms with Crippen molar-refractivity contribution in [1.82, 2.24) is 0 Å². The fourth-order valence-electron chi connectivity index (χ4n) is 2.75. The van der Waals surface area contributed by atoms with Crippen LogP contribution in [0.5, 0.6) is 5.75 Å². The largest absolute Gasteiger partial charge is 0.486 e. The van der Waals surface area contributed by atoms with Crippen LogP contribution in [0.1, 0.15) is 18.9 Å². The van der Waals surface area contributed by atoms with Gasteiger partial charge in [0.05, 0.1) is 13.5 Å². The van der Waals surface area contributed by atoms with Crippen molar-refractivity contribution < 1.29 is 14.3 Å². The maximum atomic E-state index is 11.5. The highest BCUT2D eigenvalue weighted by molar-refractivity contribution is 5.88. The lowest BCUT2D eigenvalue weighted by Gasteiger charge is -2.22. The third-order valence-electron chi connectivity index (χ3n) is 3.65. The molecule has 1 atom stereocenters. The van der Waals surface area contributed by atoms with E-state index in [1.807, 2.05) is 25.1 Å².